The molecule has 0 bridgehead atoms. The Morgan fingerprint density at radius 1 is 1.18 bits per heavy atom. The number of rotatable bonds is 5. The lowest BCUT2D eigenvalue weighted by Crippen LogP contribution is -2.31. The van der Waals surface area contributed by atoms with E-state index < -0.39 is 70.4 Å². The second-order valence-corrected chi connectivity index (χ2v) is 6.77. The van der Waals surface area contributed by atoms with E-state index in [1.165, 1.54) is 0 Å². The number of nitrogens with zero attached hydrogens (tertiary/aromatic N) is 5. The van der Waals surface area contributed by atoms with Crippen LogP contribution in [-0.2, 0) is 17.5 Å². The summed E-state index contributed by atoms with van der Waals surface area (Å²) in [5, 5.41) is 6.16. The first-order chi connectivity index (χ1) is 15.3. The summed E-state index contributed by atoms with van der Waals surface area (Å²) in [6.07, 6.45) is -4.01. The van der Waals surface area contributed by atoms with E-state index in [1.54, 1.807) is 0 Å². The molecule has 1 aliphatic heterocycles. The Morgan fingerprint density at radius 2 is 1.88 bits per heavy atom. The zero-order valence-corrected chi connectivity index (χ0v) is 16.4. The molecule has 0 aliphatic carbocycles. The van der Waals surface area contributed by atoms with Gasteiger partial charge in [0.15, 0.2) is 17.3 Å². The van der Waals surface area contributed by atoms with Crippen LogP contribution < -0.4 is 10.3 Å². The smallest absolute Gasteiger partial charge is 0.437 e. The van der Waals surface area contributed by atoms with E-state index in [4.69, 9.17) is 11.3 Å². The van der Waals surface area contributed by atoms with Crippen LogP contribution >= 0.6 is 0 Å². The van der Waals surface area contributed by atoms with Crippen LogP contribution in [0.1, 0.15) is 12.6 Å². The fourth-order valence-electron chi connectivity index (χ4n) is 2.72. The molecular formula is C19H11F6N5O3. The van der Waals surface area contributed by atoms with E-state index >= 15 is 0 Å². The summed E-state index contributed by atoms with van der Waals surface area (Å²) in [4.78, 5) is 30.7. The van der Waals surface area contributed by atoms with Crippen molar-refractivity contribution in [2.45, 2.75) is 25.6 Å². The number of alkyl halides is 5. The summed E-state index contributed by atoms with van der Waals surface area (Å²) >= 11 is 0. The largest absolute Gasteiger partial charge is 0.448 e. The van der Waals surface area contributed by atoms with Gasteiger partial charge in [-0.2, -0.15) is 22.0 Å². The van der Waals surface area contributed by atoms with Crippen molar-refractivity contribution in [3.63, 3.8) is 0 Å². The molecule has 172 valence electrons. The highest BCUT2D eigenvalue weighted by Crippen LogP contribution is 2.36. The molecule has 1 aromatic carbocycles. The normalized spacial score (nSPS) is 16.4. The Labute approximate surface area is 180 Å². The van der Waals surface area contributed by atoms with Crippen LogP contribution in [0.3, 0.4) is 0 Å². The van der Waals surface area contributed by atoms with E-state index in [2.05, 4.69) is 20.1 Å². The van der Waals surface area contributed by atoms with Crippen molar-refractivity contribution >= 4 is 11.6 Å². The zero-order chi connectivity index (χ0) is 24.6. The molecule has 0 radical (unpaired) electrons. The number of hydrogen-bond donors (Lipinski definition) is 0. The Kier molecular flexibility index (Phi) is 6.08. The van der Waals surface area contributed by atoms with E-state index in [0.29, 0.717) is 17.8 Å². The van der Waals surface area contributed by atoms with Crippen molar-refractivity contribution in [1.29, 1.82) is 0 Å². The molecule has 1 amide bonds. The number of ether oxygens (including phenoxy) is 1. The predicted molar refractivity (Wildman–Crippen MR) is 98.3 cm³/mol. The Hall–Kier alpha value is -4.02. The van der Waals surface area contributed by atoms with Crippen molar-refractivity contribution in [2.24, 2.45) is 16.1 Å². The van der Waals surface area contributed by atoms with Crippen molar-refractivity contribution in [2.75, 3.05) is 0 Å². The van der Waals surface area contributed by atoms with Gasteiger partial charge in [0.2, 0.25) is 11.4 Å². The molecule has 33 heavy (non-hydrogen) atoms. The molecule has 8 nitrogen and oxygen atoms in total. The van der Waals surface area contributed by atoms with Crippen molar-refractivity contribution in [1.82, 2.24) is 9.55 Å². The van der Waals surface area contributed by atoms with Gasteiger partial charge in [-0.3, -0.25) is 14.2 Å². The van der Waals surface area contributed by atoms with Crippen LogP contribution in [-0.4, -0.2) is 21.4 Å². The second kappa shape index (κ2) is 8.49. The van der Waals surface area contributed by atoms with E-state index in [0.717, 1.165) is 24.3 Å². The van der Waals surface area contributed by atoms with Crippen LogP contribution in [0.5, 0.6) is 11.5 Å². The predicted octanol–water partition coefficient (Wildman–Crippen LogP) is 4.89. The summed E-state index contributed by atoms with van der Waals surface area (Å²) < 4.78 is 86.9. The molecule has 1 atom stereocenters. The van der Waals surface area contributed by atoms with Gasteiger partial charge in [-0.1, -0.05) is 12.1 Å². The first-order valence-electron chi connectivity index (χ1n) is 8.89. The van der Waals surface area contributed by atoms with Crippen molar-refractivity contribution < 1.29 is 35.9 Å². The molecule has 0 N–H and O–H groups in total. The van der Waals surface area contributed by atoms with Crippen LogP contribution in [0, 0.1) is 18.3 Å². The van der Waals surface area contributed by atoms with Gasteiger partial charge in [-0.05, 0) is 12.1 Å². The molecule has 1 aromatic heterocycles. The third-order valence-electron chi connectivity index (χ3n) is 4.32. The van der Waals surface area contributed by atoms with E-state index in [1.807, 2.05) is 0 Å². The first kappa shape index (κ1) is 23.6. The second-order valence-electron chi connectivity index (χ2n) is 6.77. The molecule has 3 rings (SSSR count). The monoisotopic (exact) mass is 471 g/mol. The van der Waals surface area contributed by atoms with E-state index in [9.17, 15) is 35.9 Å². The van der Waals surface area contributed by atoms with Crippen LogP contribution in [0.2, 0.25) is 0 Å². The van der Waals surface area contributed by atoms with E-state index in [-0.39, 0.29) is 0 Å². The molecule has 2 heterocycles. The molecule has 0 fully saturated rings. The molecule has 2 aromatic rings. The summed E-state index contributed by atoms with van der Waals surface area (Å²) in [7, 11) is 0. The molecule has 0 spiro atoms. The number of carbonyl (C=O) groups excluding carboxylic acids is 1. The van der Waals surface area contributed by atoms with Gasteiger partial charge >= 0.3 is 6.18 Å². The number of carbonyl (C=O) groups is 1. The number of halogens is 6. The molecular weight excluding hydrogens is 460 g/mol. The maximum Gasteiger partial charge on any atom is 0.437 e. The first-order valence-corrected chi connectivity index (χ1v) is 8.89. The minimum atomic E-state index is -5.19. The fourth-order valence-corrected chi connectivity index (χ4v) is 2.72. The molecule has 1 aliphatic rings. The van der Waals surface area contributed by atoms with Gasteiger partial charge in [-0.25, -0.2) is 14.2 Å². The molecule has 0 saturated carbocycles. The summed E-state index contributed by atoms with van der Waals surface area (Å²) in [5.41, 5.74) is -4.70. The number of hydrogen-bond acceptors (Lipinski definition) is 5. The average Bonchev–Trinajstić information content (AvgIpc) is 2.72. The SMILES string of the molecule is [C-]#[N+]c1cccc(Oc2c(C(F)(F)F)ncn(CC3C=C(C(C)(F)F)N=NC3=O)c2=O)c1F. The van der Waals surface area contributed by atoms with Crippen molar-refractivity contribution in [3.05, 3.63) is 69.6 Å². The van der Waals surface area contributed by atoms with Gasteiger partial charge in [0.25, 0.3) is 17.4 Å². The third kappa shape index (κ3) is 4.92. The molecule has 14 heteroatoms. The lowest BCUT2D eigenvalue weighted by molar-refractivity contribution is -0.142. The number of allylic oxidation sites excluding steroid dienone is 1. The van der Waals surface area contributed by atoms with Crippen LogP contribution in [0.25, 0.3) is 4.85 Å². The number of benzene rings is 1. The third-order valence-corrected chi connectivity index (χ3v) is 4.32. The lowest BCUT2D eigenvalue weighted by atomic mass is 10.0. The van der Waals surface area contributed by atoms with Crippen LogP contribution in [0.15, 0.2) is 51.3 Å². The van der Waals surface area contributed by atoms with Gasteiger partial charge in [0.1, 0.15) is 5.70 Å². The Morgan fingerprint density at radius 3 is 2.48 bits per heavy atom. The van der Waals surface area contributed by atoms with Gasteiger partial charge in [-0.15, -0.1) is 10.2 Å². The quantitative estimate of drug-likeness (QED) is 0.459. The highest BCUT2D eigenvalue weighted by Gasteiger charge is 2.39. The topological polar surface area (TPSA) is 90.3 Å². The Balaban J connectivity index is 2.07. The minimum absolute atomic E-state index is 0.445. The standard InChI is InChI=1S/C19H11F6N5O3/c1-18(21,22)12-6-9(16(31)29-28-12)7-30-8-27-15(19(23,24)25)14(17(30)32)33-11-5-3-4-10(26-2)13(11)20/h3-6,8-9H,7H2,1H3. The van der Waals surface area contributed by atoms with Crippen LogP contribution in [0.4, 0.5) is 32.0 Å². The maximum atomic E-state index is 14.3. The maximum absolute atomic E-state index is 14.3. The highest BCUT2D eigenvalue weighted by molar-refractivity contribution is 5.81. The minimum Gasteiger partial charge on any atom is -0.448 e. The Bertz CT molecular complexity index is 1270. The summed E-state index contributed by atoms with van der Waals surface area (Å²) in [6, 6.07) is 3.05. The fraction of sp³-hybridized carbons (Fsp3) is 0.263. The molecule has 0 saturated heterocycles. The summed E-state index contributed by atoms with van der Waals surface area (Å²) in [6.45, 7) is 6.64. The summed E-state index contributed by atoms with van der Waals surface area (Å²) in [5.74, 6) is -9.54. The van der Waals surface area contributed by atoms with Gasteiger partial charge in [0, 0.05) is 13.5 Å². The average molecular weight is 471 g/mol. The zero-order valence-electron chi connectivity index (χ0n) is 16.4. The number of aromatic nitrogens is 2. The molecule has 1 unspecified atom stereocenters. The number of azo groups is 1. The highest BCUT2D eigenvalue weighted by atomic mass is 19.4. The number of amides is 1. The lowest BCUT2D eigenvalue weighted by Gasteiger charge is -2.19. The van der Waals surface area contributed by atoms with Crippen molar-refractivity contribution in [3.8, 4) is 11.5 Å². The van der Waals surface area contributed by atoms with Gasteiger partial charge < -0.3 is 4.74 Å². The van der Waals surface area contributed by atoms with Gasteiger partial charge in [0.05, 0.1) is 18.8 Å².